The van der Waals surface area contributed by atoms with Gasteiger partial charge in [-0.25, -0.2) is 0 Å². The largest absolute Gasteiger partial charge is 0.495 e. The third-order valence-corrected chi connectivity index (χ3v) is 4.41. The number of halogens is 1. The van der Waals surface area contributed by atoms with Crippen LogP contribution in [0.3, 0.4) is 0 Å². The van der Waals surface area contributed by atoms with Gasteiger partial charge in [-0.05, 0) is 31.4 Å². The molecule has 1 aliphatic carbocycles. The first-order valence-electron chi connectivity index (χ1n) is 6.60. The molecule has 2 rings (SSSR count). The molecule has 1 saturated carbocycles. The van der Waals surface area contributed by atoms with Crippen molar-refractivity contribution >= 4 is 17.6 Å². The molecule has 3 nitrogen and oxygen atoms in total. The second-order valence-corrected chi connectivity index (χ2v) is 5.63. The molecule has 0 unspecified atom stereocenters. The van der Waals surface area contributed by atoms with Gasteiger partial charge < -0.3 is 9.84 Å². The normalized spacial score (nSPS) is 18.1. The number of benzene rings is 1. The van der Waals surface area contributed by atoms with Crippen molar-refractivity contribution in [3.05, 3.63) is 28.3 Å². The summed E-state index contributed by atoms with van der Waals surface area (Å²) in [7, 11) is 1.54. The molecule has 1 N–H and O–H groups in total. The second-order valence-electron chi connectivity index (χ2n) is 5.22. The molecule has 104 valence electrons. The van der Waals surface area contributed by atoms with E-state index >= 15 is 0 Å². The van der Waals surface area contributed by atoms with Gasteiger partial charge in [0.15, 0.2) is 0 Å². The van der Waals surface area contributed by atoms with Gasteiger partial charge in [0, 0.05) is 5.56 Å². The zero-order valence-electron chi connectivity index (χ0n) is 11.3. The molecule has 1 aromatic carbocycles. The highest BCUT2D eigenvalue weighted by Crippen LogP contribution is 2.47. The van der Waals surface area contributed by atoms with Crippen LogP contribution in [-0.2, 0) is 10.2 Å². The fraction of sp³-hybridized carbons (Fsp3) is 0.533. The molecule has 19 heavy (non-hydrogen) atoms. The van der Waals surface area contributed by atoms with E-state index in [9.17, 15) is 9.90 Å². The summed E-state index contributed by atoms with van der Waals surface area (Å²) < 4.78 is 5.39. The summed E-state index contributed by atoms with van der Waals surface area (Å²) >= 11 is 6.17. The fourth-order valence-corrected chi connectivity index (χ4v) is 3.41. The molecule has 0 aliphatic heterocycles. The summed E-state index contributed by atoms with van der Waals surface area (Å²) in [6.07, 6.45) is 4.26. The van der Waals surface area contributed by atoms with Crippen molar-refractivity contribution in [1.29, 1.82) is 0 Å². The Hall–Kier alpha value is -1.22. The lowest BCUT2D eigenvalue weighted by Gasteiger charge is -2.36. The van der Waals surface area contributed by atoms with Crippen molar-refractivity contribution in [1.82, 2.24) is 0 Å². The minimum atomic E-state index is -0.849. The molecule has 1 aliphatic rings. The van der Waals surface area contributed by atoms with E-state index in [1.165, 1.54) is 0 Å². The molecular formula is C15H19ClO3. The highest BCUT2D eigenvalue weighted by molar-refractivity contribution is 6.32. The van der Waals surface area contributed by atoms with E-state index in [0.717, 1.165) is 30.4 Å². The van der Waals surface area contributed by atoms with Crippen LogP contribution >= 0.6 is 11.6 Å². The standard InChI is InChI=1S/C15H19ClO3/c1-10-6-7-11(16)13(19-2)12(10)15(14(17)18)8-4-3-5-9-15/h6-7H,3-5,8-9H2,1-2H3,(H,17,18). The molecule has 0 bridgehead atoms. The first-order valence-corrected chi connectivity index (χ1v) is 6.97. The number of rotatable bonds is 3. The van der Waals surface area contributed by atoms with Gasteiger partial charge in [0.25, 0.3) is 0 Å². The topological polar surface area (TPSA) is 46.5 Å². The number of hydrogen-bond donors (Lipinski definition) is 1. The Balaban J connectivity index is 2.66. The Kier molecular flexibility index (Phi) is 4.04. The highest BCUT2D eigenvalue weighted by atomic mass is 35.5. The smallest absolute Gasteiger partial charge is 0.314 e. The van der Waals surface area contributed by atoms with Crippen LogP contribution in [0.1, 0.15) is 43.2 Å². The first kappa shape index (κ1) is 14.2. The predicted molar refractivity (Wildman–Crippen MR) is 75.1 cm³/mol. The summed E-state index contributed by atoms with van der Waals surface area (Å²) in [4.78, 5) is 11.9. The molecular weight excluding hydrogens is 264 g/mol. The molecule has 4 heteroatoms. The Morgan fingerprint density at radius 2 is 1.95 bits per heavy atom. The number of carboxylic acids is 1. The van der Waals surface area contributed by atoms with E-state index in [2.05, 4.69) is 0 Å². The molecule has 0 aromatic heterocycles. The van der Waals surface area contributed by atoms with E-state index in [1.54, 1.807) is 13.2 Å². The van der Waals surface area contributed by atoms with Crippen LogP contribution in [0.5, 0.6) is 5.75 Å². The third-order valence-electron chi connectivity index (χ3n) is 4.12. The molecule has 0 spiro atoms. The predicted octanol–water partition coefficient (Wildman–Crippen LogP) is 3.94. The van der Waals surface area contributed by atoms with Crippen molar-refractivity contribution in [2.45, 2.75) is 44.4 Å². The zero-order chi connectivity index (χ0) is 14.0. The van der Waals surface area contributed by atoms with Gasteiger partial charge in [-0.1, -0.05) is 36.9 Å². The number of methoxy groups -OCH3 is 1. The minimum absolute atomic E-state index is 0.481. The third kappa shape index (κ3) is 2.32. The van der Waals surface area contributed by atoms with Crippen molar-refractivity contribution in [2.75, 3.05) is 7.11 Å². The van der Waals surface area contributed by atoms with Gasteiger partial charge in [-0.3, -0.25) is 4.79 Å². The van der Waals surface area contributed by atoms with Crippen molar-refractivity contribution in [3.63, 3.8) is 0 Å². The lowest BCUT2D eigenvalue weighted by Crippen LogP contribution is -2.38. The van der Waals surface area contributed by atoms with E-state index in [1.807, 2.05) is 13.0 Å². The van der Waals surface area contributed by atoms with Crippen LogP contribution in [-0.4, -0.2) is 18.2 Å². The van der Waals surface area contributed by atoms with Crippen molar-refractivity contribution in [3.8, 4) is 5.75 Å². The van der Waals surface area contributed by atoms with E-state index in [4.69, 9.17) is 16.3 Å². The number of ether oxygens (including phenoxy) is 1. The maximum atomic E-state index is 11.9. The molecule has 1 aromatic rings. The Bertz CT molecular complexity index is 490. The monoisotopic (exact) mass is 282 g/mol. The Labute approximate surface area is 118 Å². The first-order chi connectivity index (χ1) is 9.03. The van der Waals surface area contributed by atoms with Gasteiger partial charge in [0.2, 0.25) is 0 Å². The van der Waals surface area contributed by atoms with Crippen LogP contribution in [0, 0.1) is 6.92 Å². The van der Waals surface area contributed by atoms with Crippen LogP contribution in [0.15, 0.2) is 12.1 Å². The zero-order valence-corrected chi connectivity index (χ0v) is 12.1. The van der Waals surface area contributed by atoms with Crippen molar-refractivity contribution < 1.29 is 14.6 Å². The number of hydrogen-bond acceptors (Lipinski definition) is 2. The molecule has 0 heterocycles. The highest BCUT2D eigenvalue weighted by Gasteiger charge is 2.44. The van der Waals surface area contributed by atoms with Crippen LogP contribution in [0.25, 0.3) is 0 Å². The molecule has 0 amide bonds. The molecule has 0 radical (unpaired) electrons. The fourth-order valence-electron chi connectivity index (χ4n) is 3.18. The average molecular weight is 283 g/mol. The average Bonchev–Trinajstić information content (AvgIpc) is 2.41. The second kappa shape index (κ2) is 5.41. The maximum Gasteiger partial charge on any atom is 0.314 e. The Morgan fingerprint density at radius 1 is 1.32 bits per heavy atom. The van der Waals surface area contributed by atoms with Gasteiger partial charge >= 0.3 is 5.97 Å². The van der Waals surface area contributed by atoms with Crippen LogP contribution < -0.4 is 4.74 Å². The molecule has 0 saturated heterocycles. The van der Waals surface area contributed by atoms with Crippen molar-refractivity contribution in [2.24, 2.45) is 0 Å². The lowest BCUT2D eigenvalue weighted by atomic mass is 9.68. The van der Waals surface area contributed by atoms with Crippen LogP contribution in [0.2, 0.25) is 5.02 Å². The summed E-state index contributed by atoms with van der Waals surface area (Å²) in [5.74, 6) is -0.248. The molecule has 0 atom stereocenters. The van der Waals surface area contributed by atoms with Gasteiger partial charge in [0.1, 0.15) is 5.75 Å². The number of aryl methyl sites for hydroxylation is 1. The van der Waals surface area contributed by atoms with Gasteiger partial charge in [-0.15, -0.1) is 0 Å². The number of carboxylic acid groups (broad SMARTS) is 1. The summed E-state index contributed by atoms with van der Waals surface area (Å²) in [5.41, 5.74) is 0.846. The van der Waals surface area contributed by atoms with E-state index < -0.39 is 11.4 Å². The summed E-state index contributed by atoms with van der Waals surface area (Å²) in [6, 6.07) is 3.64. The maximum absolute atomic E-state index is 11.9. The Morgan fingerprint density at radius 3 is 2.47 bits per heavy atom. The summed E-state index contributed by atoms with van der Waals surface area (Å²) in [5, 5.41) is 10.3. The summed E-state index contributed by atoms with van der Waals surface area (Å²) in [6.45, 7) is 1.92. The quantitative estimate of drug-likeness (QED) is 0.913. The molecule has 1 fully saturated rings. The van der Waals surface area contributed by atoms with Crippen LogP contribution in [0.4, 0.5) is 0 Å². The number of carbonyl (C=O) groups is 1. The number of aliphatic carboxylic acids is 1. The van der Waals surface area contributed by atoms with E-state index in [-0.39, 0.29) is 0 Å². The van der Waals surface area contributed by atoms with Gasteiger partial charge in [0.05, 0.1) is 17.5 Å². The lowest BCUT2D eigenvalue weighted by molar-refractivity contribution is -0.145. The minimum Gasteiger partial charge on any atom is -0.495 e. The SMILES string of the molecule is COc1c(Cl)ccc(C)c1C1(C(=O)O)CCCCC1. The van der Waals surface area contributed by atoms with Gasteiger partial charge in [-0.2, -0.15) is 0 Å². The van der Waals surface area contributed by atoms with E-state index in [0.29, 0.717) is 23.6 Å².